The van der Waals surface area contributed by atoms with Crippen molar-refractivity contribution in [1.29, 1.82) is 0 Å². The Morgan fingerprint density at radius 3 is 2.59 bits per heavy atom. The summed E-state index contributed by atoms with van der Waals surface area (Å²) in [4.78, 5) is 12.1. The number of hydrogen-bond acceptors (Lipinski definition) is 4. The van der Waals surface area contributed by atoms with Crippen LogP contribution in [0, 0.1) is 3.77 Å². The van der Waals surface area contributed by atoms with Crippen LogP contribution in [0.5, 0.6) is 5.75 Å². The molecule has 1 amide bonds. The molecule has 2 N–H and O–H groups in total. The first-order valence-corrected chi connectivity index (χ1v) is 7.52. The van der Waals surface area contributed by atoms with Crippen molar-refractivity contribution in [3.63, 3.8) is 0 Å². The number of aromatic hydroxyl groups is 1. The highest BCUT2D eigenvalue weighted by molar-refractivity contribution is 14.1. The third kappa shape index (κ3) is 3.11. The maximum atomic E-state index is 12.1. The zero-order valence-corrected chi connectivity index (χ0v) is 13.4. The molecule has 0 aliphatic heterocycles. The summed E-state index contributed by atoms with van der Waals surface area (Å²) in [5.74, 6) is -0.0351. The van der Waals surface area contributed by atoms with Crippen LogP contribution in [0.3, 0.4) is 0 Å². The molecule has 0 spiro atoms. The first-order chi connectivity index (χ1) is 10.6. The van der Waals surface area contributed by atoms with Gasteiger partial charge < -0.3 is 9.52 Å². The van der Waals surface area contributed by atoms with Gasteiger partial charge in [-0.1, -0.05) is 24.3 Å². The number of fused-ring (bicyclic) bond motifs is 1. The molecule has 22 heavy (non-hydrogen) atoms. The lowest BCUT2D eigenvalue weighted by atomic mass is 10.1. The molecule has 3 rings (SSSR count). The summed E-state index contributed by atoms with van der Waals surface area (Å²) >= 11 is 2.04. The molecule has 2 aromatic carbocycles. The molecule has 0 aliphatic rings. The first kappa shape index (κ1) is 14.6. The number of amides is 1. The van der Waals surface area contributed by atoms with Crippen molar-refractivity contribution in [2.75, 3.05) is 0 Å². The van der Waals surface area contributed by atoms with Gasteiger partial charge in [-0.25, -0.2) is 5.43 Å². The molecular weight excluding hydrogens is 395 g/mol. The van der Waals surface area contributed by atoms with E-state index in [1.54, 1.807) is 24.3 Å². The van der Waals surface area contributed by atoms with E-state index in [0.29, 0.717) is 5.76 Å². The van der Waals surface area contributed by atoms with E-state index >= 15 is 0 Å². The summed E-state index contributed by atoms with van der Waals surface area (Å²) in [5.41, 5.74) is 2.54. The van der Waals surface area contributed by atoms with Crippen LogP contribution in [0.4, 0.5) is 0 Å². The topological polar surface area (TPSA) is 74.8 Å². The molecule has 0 bridgehead atoms. The molecule has 6 heteroatoms. The number of phenols is 1. The number of furan rings is 1. The van der Waals surface area contributed by atoms with Gasteiger partial charge in [0.2, 0.25) is 0 Å². The fourth-order valence-electron chi connectivity index (χ4n) is 2.02. The van der Waals surface area contributed by atoms with E-state index < -0.39 is 5.91 Å². The Morgan fingerprint density at radius 1 is 1.18 bits per heavy atom. The molecule has 3 aromatic rings. The number of benzene rings is 2. The number of hydrazone groups is 1. The number of rotatable bonds is 3. The molecule has 1 aromatic heterocycles. The standard InChI is InChI=1S/C16H11IN2O3/c17-15-6-5-12(22-15)9-18-19-16(21)13-7-10-3-1-2-4-11(10)8-14(13)20/h1-9,20H,(H,19,21)/b18-9+. The summed E-state index contributed by atoms with van der Waals surface area (Å²) in [6.45, 7) is 0. The van der Waals surface area contributed by atoms with Crippen LogP contribution in [0.2, 0.25) is 0 Å². The van der Waals surface area contributed by atoms with E-state index in [-0.39, 0.29) is 11.3 Å². The van der Waals surface area contributed by atoms with Gasteiger partial charge in [0.15, 0.2) is 3.77 Å². The Morgan fingerprint density at radius 2 is 1.91 bits per heavy atom. The van der Waals surface area contributed by atoms with Crippen molar-refractivity contribution in [3.8, 4) is 5.75 Å². The third-order valence-electron chi connectivity index (χ3n) is 3.06. The maximum absolute atomic E-state index is 12.1. The molecule has 5 nitrogen and oxygen atoms in total. The van der Waals surface area contributed by atoms with Gasteiger partial charge in [0, 0.05) is 0 Å². The number of nitrogens with zero attached hydrogens (tertiary/aromatic N) is 1. The molecule has 0 atom stereocenters. The Kier molecular flexibility index (Phi) is 4.10. The minimum atomic E-state index is -0.485. The number of halogens is 1. The lowest BCUT2D eigenvalue weighted by molar-refractivity contribution is 0.0952. The molecule has 0 saturated carbocycles. The highest BCUT2D eigenvalue weighted by atomic mass is 127. The number of carbonyl (C=O) groups is 1. The number of hydrogen-bond donors (Lipinski definition) is 2. The molecule has 0 aliphatic carbocycles. The fourth-order valence-corrected chi connectivity index (χ4v) is 2.46. The average Bonchev–Trinajstić information content (AvgIpc) is 2.92. The molecule has 0 radical (unpaired) electrons. The van der Waals surface area contributed by atoms with Crippen LogP contribution in [0.25, 0.3) is 10.8 Å². The molecule has 110 valence electrons. The van der Waals surface area contributed by atoms with Crippen LogP contribution in [0.1, 0.15) is 16.1 Å². The summed E-state index contributed by atoms with van der Waals surface area (Å²) in [7, 11) is 0. The van der Waals surface area contributed by atoms with Crippen LogP contribution >= 0.6 is 22.6 Å². The van der Waals surface area contributed by atoms with Crippen LogP contribution < -0.4 is 5.43 Å². The lowest BCUT2D eigenvalue weighted by Crippen LogP contribution is -2.17. The Labute approximate surface area is 139 Å². The van der Waals surface area contributed by atoms with Gasteiger partial charge in [-0.2, -0.15) is 5.10 Å². The second-order valence-corrected chi connectivity index (χ2v) is 5.62. The van der Waals surface area contributed by atoms with Gasteiger partial charge in [0.05, 0.1) is 11.8 Å². The van der Waals surface area contributed by atoms with Gasteiger partial charge in [0.25, 0.3) is 5.91 Å². The second-order valence-electron chi connectivity index (χ2n) is 4.56. The zero-order valence-electron chi connectivity index (χ0n) is 11.3. The largest absolute Gasteiger partial charge is 0.507 e. The molecule has 0 unspecified atom stereocenters. The summed E-state index contributed by atoms with van der Waals surface area (Å²) in [5, 5.41) is 15.5. The Hall–Kier alpha value is -2.35. The highest BCUT2D eigenvalue weighted by Gasteiger charge is 2.11. The summed E-state index contributed by atoms with van der Waals surface area (Å²) in [6.07, 6.45) is 1.40. The van der Waals surface area contributed by atoms with E-state index in [1.165, 1.54) is 6.21 Å². The lowest BCUT2D eigenvalue weighted by Gasteiger charge is -2.05. The normalized spacial score (nSPS) is 11.1. The maximum Gasteiger partial charge on any atom is 0.275 e. The number of carbonyl (C=O) groups excluding carboxylic acids is 1. The first-order valence-electron chi connectivity index (χ1n) is 6.44. The van der Waals surface area contributed by atoms with Crippen molar-refractivity contribution >= 4 is 45.5 Å². The van der Waals surface area contributed by atoms with E-state index in [4.69, 9.17) is 4.42 Å². The van der Waals surface area contributed by atoms with Gasteiger partial charge in [-0.15, -0.1) is 0 Å². The average molecular weight is 406 g/mol. The van der Waals surface area contributed by atoms with Crippen molar-refractivity contribution in [2.24, 2.45) is 5.10 Å². The molecule has 0 saturated heterocycles. The van der Waals surface area contributed by atoms with E-state index in [0.717, 1.165) is 14.5 Å². The van der Waals surface area contributed by atoms with Crippen molar-refractivity contribution in [3.05, 3.63) is 63.6 Å². The second kappa shape index (κ2) is 6.18. The third-order valence-corrected chi connectivity index (χ3v) is 3.64. The van der Waals surface area contributed by atoms with Gasteiger partial charge >= 0.3 is 0 Å². The van der Waals surface area contributed by atoms with Crippen LogP contribution in [-0.2, 0) is 0 Å². The fraction of sp³-hybridized carbons (Fsp3) is 0. The summed E-state index contributed by atoms with van der Waals surface area (Å²) in [6, 6.07) is 14.2. The van der Waals surface area contributed by atoms with Crippen molar-refractivity contribution in [2.45, 2.75) is 0 Å². The predicted molar refractivity (Wildman–Crippen MR) is 92.1 cm³/mol. The smallest absolute Gasteiger partial charge is 0.275 e. The molecular formula is C16H11IN2O3. The number of nitrogens with one attached hydrogen (secondary N) is 1. The van der Waals surface area contributed by atoms with Crippen LogP contribution in [-0.4, -0.2) is 17.2 Å². The highest BCUT2D eigenvalue weighted by Crippen LogP contribution is 2.24. The SMILES string of the molecule is O=C(N/N=C/c1ccc(I)o1)c1cc2ccccc2cc1O. The van der Waals surface area contributed by atoms with Gasteiger partial charge in [-0.3, -0.25) is 4.79 Å². The van der Waals surface area contributed by atoms with E-state index in [2.05, 4.69) is 10.5 Å². The van der Waals surface area contributed by atoms with Crippen molar-refractivity contribution < 1.29 is 14.3 Å². The van der Waals surface area contributed by atoms with Gasteiger partial charge in [0.1, 0.15) is 11.5 Å². The van der Waals surface area contributed by atoms with Gasteiger partial charge in [-0.05, 0) is 57.6 Å². The monoisotopic (exact) mass is 406 g/mol. The predicted octanol–water partition coefficient (Wildman–Crippen LogP) is 3.51. The van der Waals surface area contributed by atoms with Crippen LogP contribution in [0.15, 0.2) is 58.0 Å². The molecule has 1 heterocycles. The molecule has 0 fully saturated rings. The minimum Gasteiger partial charge on any atom is -0.507 e. The summed E-state index contributed by atoms with van der Waals surface area (Å²) < 4.78 is 6.02. The van der Waals surface area contributed by atoms with E-state index in [9.17, 15) is 9.90 Å². The van der Waals surface area contributed by atoms with E-state index in [1.807, 2.05) is 46.9 Å². The quantitative estimate of drug-likeness (QED) is 0.397. The van der Waals surface area contributed by atoms with Crippen molar-refractivity contribution in [1.82, 2.24) is 5.43 Å². The number of phenolic OH excluding ortho intramolecular Hbond substituents is 1. The Bertz CT molecular complexity index is 871. The minimum absolute atomic E-state index is 0.0843. The Balaban J connectivity index is 1.80. The zero-order chi connectivity index (χ0) is 15.5.